The summed E-state index contributed by atoms with van der Waals surface area (Å²) in [7, 11) is 0. The molecule has 0 N–H and O–H groups in total. The predicted molar refractivity (Wildman–Crippen MR) is 40.4 cm³/mol. The molecule has 0 aromatic heterocycles. The molecule has 0 amide bonds. The van der Waals surface area contributed by atoms with Crippen LogP contribution in [0.2, 0.25) is 0 Å². The van der Waals surface area contributed by atoms with Crippen molar-refractivity contribution in [1.82, 2.24) is 0 Å². The van der Waals surface area contributed by atoms with Gasteiger partial charge in [-0.2, -0.15) is 4.40 Å². The molecule has 0 aliphatic heterocycles. The van der Waals surface area contributed by atoms with Crippen LogP contribution in [0.4, 0.5) is 0 Å². The van der Waals surface area contributed by atoms with E-state index in [1.165, 1.54) is 11.9 Å². The first kappa shape index (κ1) is 7.80. The first-order chi connectivity index (χ1) is 3.56. The zero-order valence-electron chi connectivity index (χ0n) is 5.56. The fraction of sp³-hybridized carbons (Fsp3) is 0.667. The van der Waals surface area contributed by atoms with E-state index in [-0.39, 0.29) is 4.75 Å². The van der Waals surface area contributed by atoms with Gasteiger partial charge in [0, 0.05) is 4.75 Å². The summed E-state index contributed by atoms with van der Waals surface area (Å²) in [4.78, 5) is 0. The zero-order valence-corrected chi connectivity index (χ0v) is 6.38. The Morgan fingerprint density at radius 3 is 2.12 bits per heavy atom. The molecule has 0 spiro atoms. The van der Waals surface area contributed by atoms with Gasteiger partial charge in [-0.15, -0.1) is 0 Å². The summed E-state index contributed by atoms with van der Waals surface area (Å²) in [5.41, 5.74) is 0. The molecule has 0 aromatic carbocycles. The van der Waals surface area contributed by atoms with Gasteiger partial charge in [-0.25, -0.2) is 0 Å². The highest BCUT2D eigenvalue weighted by molar-refractivity contribution is 7.99. The zero-order chi connectivity index (χ0) is 6.62. The van der Waals surface area contributed by atoms with Crippen molar-refractivity contribution in [3.8, 4) is 0 Å². The monoisotopic (exact) mass is 129 g/mol. The van der Waals surface area contributed by atoms with Crippen molar-refractivity contribution in [2.75, 3.05) is 0 Å². The van der Waals surface area contributed by atoms with E-state index in [0.717, 1.165) is 0 Å². The molecule has 0 atom stereocenters. The Labute approximate surface area is 55.0 Å². The van der Waals surface area contributed by atoms with Crippen LogP contribution in [0.25, 0.3) is 0 Å². The van der Waals surface area contributed by atoms with E-state index in [9.17, 15) is 0 Å². The van der Waals surface area contributed by atoms with Gasteiger partial charge in [0.1, 0.15) is 0 Å². The summed E-state index contributed by atoms with van der Waals surface area (Å²) in [5.74, 6) is 2.46. The van der Waals surface area contributed by atoms with Crippen LogP contribution in [-0.2, 0) is 0 Å². The summed E-state index contributed by atoms with van der Waals surface area (Å²) in [6.45, 7) is 9.64. The van der Waals surface area contributed by atoms with Crippen molar-refractivity contribution in [2.24, 2.45) is 4.40 Å². The second kappa shape index (κ2) is 2.95. The third kappa shape index (κ3) is 5.80. The van der Waals surface area contributed by atoms with Gasteiger partial charge in [0.15, 0.2) is 0 Å². The maximum absolute atomic E-state index is 3.80. The molecule has 0 radical (unpaired) electrons. The molecule has 0 rings (SSSR count). The first-order valence-corrected chi connectivity index (χ1v) is 3.24. The van der Waals surface area contributed by atoms with Gasteiger partial charge in [0.05, 0.1) is 0 Å². The van der Waals surface area contributed by atoms with Crippen molar-refractivity contribution in [3.63, 3.8) is 0 Å². The summed E-state index contributed by atoms with van der Waals surface area (Å²) < 4.78 is 4.00. The largest absolute Gasteiger partial charge is 0.173 e. The van der Waals surface area contributed by atoms with Crippen LogP contribution >= 0.6 is 11.9 Å². The lowest BCUT2D eigenvalue weighted by Gasteiger charge is -2.10. The minimum absolute atomic E-state index is 0.199. The Balaban J connectivity index is 3.55. The number of rotatable bonds is 1. The lowest BCUT2D eigenvalue weighted by Crippen LogP contribution is -2.04. The highest BCUT2D eigenvalue weighted by Crippen LogP contribution is 2.22. The summed E-state index contributed by atoms with van der Waals surface area (Å²) >= 11 is 1.48. The molecule has 0 unspecified atom stereocenters. The third-order valence-electron chi connectivity index (χ3n) is 0.384. The fourth-order valence-electron chi connectivity index (χ4n) is 0.169. The topological polar surface area (TPSA) is 12.4 Å². The van der Waals surface area contributed by atoms with E-state index in [4.69, 9.17) is 0 Å². The van der Waals surface area contributed by atoms with E-state index in [2.05, 4.69) is 37.6 Å². The van der Waals surface area contributed by atoms with Gasteiger partial charge >= 0.3 is 0 Å². The molecule has 0 saturated heterocycles. The summed E-state index contributed by atoms with van der Waals surface area (Å²) in [5, 5.41) is 0. The maximum Gasteiger partial charge on any atom is 0.0301 e. The van der Waals surface area contributed by atoms with Crippen LogP contribution in [0.3, 0.4) is 0 Å². The van der Waals surface area contributed by atoms with E-state index in [1.807, 2.05) is 0 Å². The predicted octanol–water partition coefficient (Wildman–Crippen LogP) is 2.29. The van der Waals surface area contributed by atoms with Crippen molar-refractivity contribution in [2.45, 2.75) is 25.5 Å². The van der Waals surface area contributed by atoms with Crippen LogP contribution < -0.4 is 0 Å². The quantitative estimate of drug-likeness (QED) is 0.391. The van der Waals surface area contributed by atoms with E-state index in [1.54, 1.807) is 0 Å². The SMILES string of the molecule is C=C=NSC(C)(C)C. The van der Waals surface area contributed by atoms with Gasteiger partial charge in [-0.1, -0.05) is 0 Å². The summed E-state index contributed by atoms with van der Waals surface area (Å²) in [6, 6.07) is 0. The van der Waals surface area contributed by atoms with Crippen molar-refractivity contribution in [3.05, 3.63) is 6.58 Å². The first-order valence-electron chi connectivity index (χ1n) is 2.46. The molecule has 0 aliphatic carbocycles. The minimum Gasteiger partial charge on any atom is -0.173 e. The van der Waals surface area contributed by atoms with E-state index in [0.29, 0.717) is 0 Å². The van der Waals surface area contributed by atoms with Crippen LogP contribution in [0.15, 0.2) is 11.0 Å². The Morgan fingerprint density at radius 2 is 2.00 bits per heavy atom. The van der Waals surface area contributed by atoms with E-state index >= 15 is 0 Å². The normalized spacial score (nSPS) is 10.4. The van der Waals surface area contributed by atoms with Crippen molar-refractivity contribution in [1.29, 1.82) is 0 Å². The Bertz CT molecular complexity index is 106. The molecule has 0 bridgehead atoms. The molecule has 8 heavy (non-hydrogen) atoms. The van der Waals surface area contributed by atoms with Gasteiger partial charge in [0.25, 0.3) is 0 Å². The third-order valence-corrected chi connectivity index (χ3v) is 1.15. The van der Waals surface area contributed by atoms with Crippen LogP contribution in [-0.4, -0.2) is 10.6 Å². The molecule has 0 saturated carbocycles. The van der Waals surface area contributed by atoms with Gasteiger partial charge in [0.2, 0.25) is 0 Å². The molecular formula is C6H11NS. The minimum atomic E-state index is 0.199. The molecule has 0 fully saturated rings. The molecule has 46 valence electrons. The molecule has 0 heterocycles. The van der Waals surface area contributed by atoms with Crippen LogP contribution in [0.5, 0.6) is 0 Å². The van der Waals surface area contributed by atoms with Crippen molar-refractivity contribution >= 4 is 17.8 Å². The van der Waals surface area contributed by atoms with Gasteiger partial charge in [-0.05, 0) is 45.2 Å². The number of nitrogens with zero attached hydrogens (tertiary/aromatic N) is 1. The average molecular weight is 129 g/mol. The molecule has 2 heteroatoms. The molecule has 1 nitrogen and oxygen atoms in total. The standard InChI is InChI=1S/C6H11NS/c1-5-7-8-6(2,3)4/h1H2,2-4H3. The van der Waals surface area contributed by atoms with Gasteiger partial charge in [-0.3, -0.25) is 0 Å². The summed E-state index contributed by atoms with van der Waals surface area (Å²) in [6.07, 6.45) is 0. The van der Waals surface area contributed by atoms with Crippen LogP contribution in [0, 0.1) is 0 Å². The number of hydrogen-bond acceptors (Lipinski definition) is 2. The van der Waals surface area contributed by atoms with Gasteiger partial charge < -0.3 is 0 Å². The lowest BCUT2D eigenvalue weighted by atomic mass is 10.3. The smallest absolute Gasteiger partial charge is 0.0301 e. The average Bonchev–Trinajstić information content (AvgIpc) is 1.59. The maximum atomic E-state index is 3.80. The second-order valence-corrected chi connectivity index (χ2v) is 4.04. The lowest BCUT2D eigenvalue weighted by molar-refractivity contribution is 0.804. The highest BCUT2D eigenvalue weighted by atomic mass is 32.2. The van der Waals surface area contributed by atoms with Crippen molar-refractivity contribution < 1.29 is 0 Å². The Hall–Kier alpha value is -0.200. The Morgan fingerprint density at radius 1 is 1.50 bits per heavy atom. The molecule has 0 aliphatic rings. The molecule has 0 aromatic rings. The molecular weight excluding hydrogens is 118 g/mol. The van der Waals surface area contributed by atoms with Crippen LogP contribution in [0.1, 0.15) is 20.8 Å². The van der Waals surface area contributed by atoms with E-state index < -0.39 is 0 Å². The highest BCUT2D eigenvalue weighted by Gasteiger charge is 2.08. The number of hydrogen-bond donors (Lipinski definition) is 0. The fourth-order valence-corrected chi connectivity index (χ4v) is 0.508. The second-order valence-electron chi connectivity index (χ2n) is 2.45. The Kier molecular flexibility index (Phi) is 2.88.